The van der Waals surface area contributed by atoms with Gasteiger partial charge >= 0.3 is 23.9 Å². The van der Waals surface area contributed by atoms with Gasteiger partial charge in [-0.15, -0.1) is 0 Å². The van der Waals surface area contributed by atoms with Gasteiger partial charge < -0.3 is 19.7 Å². The molecule has 8 heteroatoms. The molecule has 2 N–H and O–H groups in total. The lowest BCUT2D eigenvalue weighted by atomic mass is 10.2. The molecule has 0 fully saturated rings. The van der Waals surface area contributed by atoms with Gasteiger partial charge in [0.2, 0.25) is 0 Å². The summed E-state index contributed by atoms with van der Waals surface area (Å²) in [6.07, 6.45) is -1.02. The normalized spacial score (nSPS) is 10.0. The van der Waals surface area contributed by atoms with E-state index in [1.54, 1.807) is 0 Å². The molecule has 26 heavy (non-hydrogen) atoms. The number of aromatic hydroxyl groups is 2. The van der Waals surface area contributed by atoms with E-state index in [-0.39, 0.29) is 22.6 Å². The molecule has 0 unspecified atom stereocenters. The summed E-state index contributed by atoms with van der Waals surface area (Å²) in [5.41, 5.74) is -0.392. The van der Waals surface area contributed by atoms with Crippen molar-refractivity contribution in [3.63, 3.8) is 0 Å². The summed E-state index contributed by atoms with van der Waals surface area (Å²) in [5.74, 6) is -4.87. The molecule has 0 aliphatic carbocycles. The fraction of sp³-hybridized carbons (Fsp3) is 0.111. The maximum absolute atomic E-state index is 11.7. The highest BCUT2D eigenvalue weighted by atomic mass is 16.6. The van der Waals surface area contributed by atoms with E-state index >= 15 is 0 Å². The quantitative estimate of drug-likeness (QED) is 0.613. The number of para-hydroxylation sites is 2. The van der Waals surface area contributed by atoms with Crippen molar-refractivity contribution in [3.8, 4) is 11.5 Å². The Balaban J connectivity index is 1.83. The Kier molecular flexibility index (Phi) is 6.05. The minimum atomic E-state index is -1.06. The van der Waals surface area contributed by atoms with Crippen LogP contribution >= 0.6 is 0 Å². The summed E-state index contributed by atoms with van der Waals surface area (Å²) in [6, 6.07) is 11.0. The topological polar surface area (TPSA) is 127 Å². The second-order valence-corrected chi connectivity index (χ2v) is 5.06. The Morgan fingerprint density at radius 3 is 1.35 bits per heavy atom. The Bertz CT molecular complexity index is 784. The van der Waals surface area contributed by atoms with Crippen LogP contribution in [0.3, 0.4) is 0 Å². The first kappa shape index (κ1) is 18.7. The minimum absolute atomic E-state index is 0.196. The average molecular weight is 358 g/mol. The molecule has 0 bridgehead atoms. The summed E-state index contributed by atoms with van der Waals surface area (Å²) in [6.45, 7) is 0. The van der Waals surface area contributed by atoms with Crippen molar-refractivity contribution in [1.29, 1.82) is 0 Å². The van der Waals surface area contributed by atoms with Crippen LogP contribution in [-0.4, -0.2) is 34.1 Å². The molecule has 8 nitrogen and oxygen atoms in total. The van der Waals surface area contributed by atoms with Crippen LogP contribution in [0.15, 0.2) is 48.5 Å². The molecule has 134 valence electrons. The second-order valence-electron chi connectivity index (χ2n) is 5.06. The molecule has 0 aliphatic rings. The number of carbonyl (C=O) groups is 4. The predicted molar refractivity (Wildman–Crippen MR) is 86.3 cm³/mol. The third-order valence-electron chi connectivity index (χ3n) is 3.19. The number of esters is 4. The number of phenolic OH excluding ortho intramolecular Hbond substituents is 2. The fourth-order valence-electron chi connectivity index (χ4n) is 1.92. The standard InChI is InChI=1S/C18H14O8/c19-13-7-3-1-5-11(13)17(23)25-15(21)9-10-16(22)26-18(24)12-6-2-4-8-14(12)20/h1-8,19-20H,9-10H2. The number of carbonyl (C=O) groups excluding carboxylic acids is 4. The van der Waals surface area contributed by atoms with E-state index in [4.69, 9.17) is 0 Å². The molecule has 0 saturated carbocycles. The summed E-state index contributed by atoms with van der Waals surface area (Å²) in [5, 5.41) is 19.0. The van der Waals surface area contributed by atoms with Crippen LogP contribution < -0.4 is 0 Å². The van der Waals surface area contributed by atoms with Crippen LogP contribution in [0, 0.1) is 0 Å². The van der Waals surface area contributed by atoms with Crippen LogP contribution in [0.1, 0.15) is 33.6 Å². The lowest BCUT2D eigenvalue weighted by Crippen LogP contribution is -2.17. The van der Waals surface area contributed by atoms with Crippen molar-refractivity contribution in [1.82, 2.24) is 0 Å². The lowest BCUT2D eigenvalue weighted by Gasteiger charge is -2.05. The highest BCUT2D eigenvalue weighted by Crippen LogP contribution is 2.18. The van der Waals surface area contributed by atoms with Crippen molar-refractivity contribution in [2.75, 3.05) is 0 Å². The van der Waals surface area contributed by atoms with Gasteiger partial charge in [0.25, 0.3) is 0 Å². The first-order valence-corrected chi connectivity index (χ1v) is 7.44. The minimum Gasteiger partial charge on any atom is -0.507 e. The van der Waals surface area contributed by atoms with Gasteiger partial charge in [0.15, 0.2) is 0 Å². The number of hydrogen-bond acceptors (Lipinski definition) is 8. The van der Waals surface area contributed by atoms with E-state index in [0.29, 0.717) is 0 Å². The zero-order valence-electron chi connectivity index (χ0n) is 13.4. The molecular formula is C18H14O8. The number of rotatable bonds is 5. The molecule has 0 atom stereocenters. The van der Waals surface area contributed by atoms with Gasteiger partial charge in [0.1, 0.15) is 22.6 Å². The number of benzene rings is 2. The van der Waals surface area contributed by atoms with Crippen molar-refractivity contribution in [3.05, 3.63) is 59.7 Å². The summed E-state index contributed by atoms with van der Waals surface area (Å²) < 4.78 is 9.01. The smallest absolute Gasteiger partial charge is 0.349 e. The van der Waals surface area contributed by atoms with Crippen LogP contribution in [0.2, 0.25) is 0 Å². The molecule has 2 aromatic rings. The van der Waals surface area contributed by atoms with Gasteiger partial charge in [-0.1, -0.05) is 24.3 Å². The molecule has 0 radical (unpaired) electrons. The van der Waals surface area contributed by atoms with E-state index in [1.165, 1.54) is 48.5 Å². The van der Waals surface area contributed by atoms with Crippen molar-refractivity contribution < 1.29 is 38.9 Å². The van der Waals surface area contributed by atoms with Crippen LogP contribution in [0.5, 0.6) is 11.5 Å². The van der Waals surface area contributed by atoms with E-state index in [9.17, 15) is 29.4 Å². The monoisotopic (exact) mass is 358 g/mol. The molecule has 0 amide bonds. The van der Waals surface area contributed by atoms with Gasteiger partial charge in [-0.05, 0) is 24.3 Å². The Labute approximate surface area is 147 Å². The maximum Gasteiger partial charge on any atom is 0.349 e. The Hall–Kier alpha value is -3.68. The molecular weight excluding hydrogens is 344 g/mol. The Morgan fingerprint density at radius 2 is 1.00 bits per heavy atom. The first-order chi connectivity index (χ1) is 12.4. The summed E-state index contributed by atoms with van der Waals surface area (Å²) >= 11 is 0. The molecule has 2 aromatic carbocycles. The third kappa shape index (κ3) is 4.91. The maximum atomic E-state index is 11.7. The highest BCUT2D eigenvalue weighted by molar-refractivity contribution is 6.01. The average Bonchev–Trinajstić information content (AvgIpc) is 2.60. The highest BCUT2D eigenvalue weighted by Gasteiger charge is 2.20. The van der Waals surface area contributed by atoms with E-state index < -0.39 is 36.7 Å². The largest absolute Gasteiger partial charge is 0.507 e. The molecule has 0 heterocycles. The van der Waals surface area contributed by atoms with Crippen molar-refractivity contribution >= 4 is 23.9 Å². The van der Waals surface area contributed by atoms with E-state index in [1.807, 2.05) is 0 Å². The van der Waals surface area contributed by atoms with Crippen LogP contribution in [0.25, 0.3) is 0 Å². The predicted octanol–water partition coefficient (Wildman–Crippen LogP) is 1.94. The summed E-state index contributed by atoms with van der Waals surface area (Å²) in [7, 11) is 0. The molecule has 0 aromatic heterocycles. The van der Waals surface area contributed by atoms with Gasteiger partial charge in [-0.25, -0.2) is 9.59 Å². The zero-order valence-corrected chi connectivity index (χ0v) is 13.4. The number of hydrogen-bond donors (Lipinski definition) is 2. The van der Waals surface area contributed by atoms with Crippen LogP contribution in [0.4, 0.5) is 0 Å². The number of ether oxygens (including phenoxy) is 2. The number of phenols is 2. The second kappa shape index (κ2) is 8.43. The SMILES string of the molecule is O=C(CCC(=O)OC(=O)c1ccccc1O)OC(=O)c1ccccc1O. The van der Waals surface area contributed by atoms with E-state index in [0.717, 1.165) is 0 Å². The first-order valence-electron chi connectivity index (χ1n) is 7.44. The van der Waals surface area contributed by atoms with Crippen molar-refractivity contribution in [2.45, 2.75) is 12.8 Å². The van der Waals surface area contributed by atoms with E-state index in [2.05, 4.69) is 9.47 Å². The summed E-state index contributed by atoms with van der Waals surface area (Å²) in [4.78, 5) is 46.6. The van der Waals surface area contributed by atoms with Gasteiger partial charge in [0.05, 0.1) is 12.8 Å². The fourth-order valence-corrected chi connectivity index (χ4v) is 1.92. The Morgan fingerprint density at radius 1 is 0.654 bits per heavy atom. The lowest BCUT2D eigenvalue weighted by molar-refractivity contribution is -0.144. The molecule has 0 aliphatic heterocycles. The van der Waals surface area contributed by atoms with Gasteiger partial charge in [-0.2, -0.15) is 0 Å². The molecule has 0 spiro atoms. The van der Waals surface area contributed by atoms with Crippen LogP contribution in [-0.2, 0) is 19.1 Å². The zero-order chi connectivity index (χ0) is 19.1. The van der Waals surface area contributed by atoms with Crippen molar-refractivity contribution in [2.24, 2.45) is 0 Å². The third-order valence-corrected chi connectivity index (χ3v) is 3.19. The molecule has 0 saturated heterocycles. The van der Waals surface area contributed by atoms with Gasteiger partial charge in [0, 0.05) is 0 Å². The molecule has 2 rings (SSSR count). The van der Waals surface area contributed by atoms with Gasteiger partial charge in [-0.3, -0.25) is 9.59 Å².